The summed E-state index contributed by atoms with van der Waals surface area (Å²) in [7, 11) is 0. The molecule has 0 bridgehead atoms. The van der Waals surface area contributed by atoms with Gasteiger partial charge >= 0.3 is 0 Å². The molecule has 0 unspecified atom stereocenters. The molecule has 2 heterocycles. The maximum absolute atomic E-state index is 11.5. The first kappa shape index (κ1) is 15.1. The van der Waals surface area contributed by atoms with Gasteiger partial charge < -0.3 is 15.1 Å². The minimum atomic E-state index is -0.0818. The molecule has 1 saturated heterocycles. The van der Waals surface area contributed by atoms with E-state index in [-0.39, 0.29) is 5.56 Å². The second-order valence-electron chi connectivity index (χ2n) is 6.00. The summed E-state index contributed by atoms with van der Waals surface area (Å²) in [5.74, 6) is 0.826. The number of H-pyrrole nitrogens is 1. The molecular weight excluding hydrogens is 278 g/mol. The smallest absolute Gasteiger partial charge is 0.248 e. The largest absolute Gasteiger partial charge is 0.322 e. The monoisotopic (exact) mass is 302 g/mol. The van der Waals surface area contributed by atoms with E-state index in [2.05, 4.69) is 17.2 Å². The van der Waals surface area contributed by atoms with Crippen molar-refractivity contribution < 1.29 is 9.48 Å². The summed E-state index contributed by atoms with van der Waals surface area (Å²) in [5, 5.41) is 4.42. The van der Waals surface area contributed by atoms with Gasteiger partial charge in [-0.3, -0.25) is 4.79 Å². The number of quaternary nitrogens is 1. The summed E-state index contributed by atoms with van der Waals surface area (Å²) >= 11 is 0. The predicted molar refractivity (Wildman–Crippen MR) is 87.8 cm³/mol. The van der Waals surface area contributed by atoms with Gasteiger partial charge in [0, 0.05) is 25.2 Å². The number of benzene rings is 1. The Morgan fingerprint density at radius 1 is 1.18 bits per heavy atom. The van der Waals surface area contributed by atoms with Crippen LogP contribution in [0.5, 0.6) is 5.75 Å². The fourth-order valence-electron chi connectivity index (χ4n) is 3.02. The Morgan fingerprint density at radius 2 is 1.95 bits per heavy atom. The molecule has 1 aromatic heterocycles. The lowest BCUT2D eigenvalue weighted by Gasteiger charge is -2.38. The Kier molecular flexibility index (Phi) is 4.45. The second-order valence-corrected chi connectivity index (χ2v) is 6.00. The number of hydrogen-bond donors (Lipinski definition) is 2. The van der Waals surface area contributed by atoms with E-state index in [1.165, 1.54) is 6.42 Å². The zero-order valence-electron chi connectivity index (χ0n) is 13.1. The van der Waals surface area contributed by atoms with Crippen LogP contribution in [-0.2, 0) is 0 Å². The molecule has 1 fully saturated rings. The number of nitrogens with one attached hydrogen (secondary N) is 2. The molecule has 5 nitrogen and oxygen atoms in total. The summed E-state index contributed by atoms with van der Waals surface area (Å²) in [6.07, 6.45) is 2.33. The van der Waals surface area contributed by atoms with Crippen molar-refractivity contribution in [2.75, 3.05) is 32.7 Å². The first-order valence-corrected chi connectivity index (χ1v) is 8.10. The lowest BCUT2D eigenvalue weighted by molar-refractivity contribution is -1.08. The Bertz CT molecular complexity index is 690. The molecule has 22 heavy (non-hydrogen) atoms. The molecule has 2 aromatic rings. The van der Waals surface area contributed by atoms with Gasteiger partial charge in [-0.15, -0.1) is 4.65 Å². The average molecular weight is 302 g/mol. The minimum absolute atomic E-state index is 0.0818. The molecular formula is C17H24N3O2+. The van der Waals surface area contributed by atoms with Gasteiger partial charge in [0.1, 0.15) is 19.6 Å². The Morgan fingerprint density at radius 3 is 2.73 bits per heavy atom. The van der Waals surface area contributed by atoms with E-state index in [0.717, 1.165) is 55.8 Å². The standard InChI is InChI=1S/C17H23N3O2/c1-2-3-10-20(11-8-18-9-12-20)22-15-6-4-14-5-7-17(21)19-16(14)13-15/h4-7,13,18H,2-3,8-12H2,1H3/p+1. The van der Waals surface area contributed by atoms with Crippen LogP contribution in [0.2, 0.25) is 0 Å². The van der Waals surface area contributed by atoms with Crippen LogP contribution >= 0.6 is 0 Å². The molecule has 5 heteroatoms. The molecule has 0 amide bonds. The maximum atomic E-state index is 11.5. The van der Waals surface area contributed by atoms with Crippen LogP contribution < -0.4 is 15.7 Å². The van der Waals surface area contributed by atoms with Gasteiger partial charge in [0.2, 0.25) is 5.56 Å². The Labute approximate surface area is 130 Å². The molecule has 2 N–H and O–H groups in total. The van der Waals surface area contributed by atoms with Crippen molar-refractivity contribution >= 4 is 10.9 Å². The van der Waals surface area contributed by atoms with Crippen molar-refractivity contribution in [2.24, 2.45) is 0 Å². The van der Waals surface area contributed by atoms with Gasteiger partial charge in [0.05, 0.1) is 5.52 Å². The third-order valence-corrected chi connectivity index (χ3v) is 4.31. The highest BCUT2D eigenvalue weighted by Gasteiger charge is 2.32. The van der Waals surface area contributed by atoms with Crippen molar-refractivity contribution in [2.45, 2.75) is 19.8 Å². The molecule has 1 aliphatic rings. The van der Waals surface area contributed by atoms with Crippen molar-refractivity contribution in [1.82, 2.24) is 10.3 Å². The maximum Gasteiger partial charge on any atom is 0.248 e. The molecule has 118 valence electrons. The van der Waals surface area contributed by atoms with Crippen molar-refractivity contribution in [3.05, 3.63) is 40.7 Å². The number of pyridine rings is 1. The quantitative estimate of drug-likeness (QED) is 0.831. The fraction of sp³-hybridized carbons (Fsp3) is 0.471. The lowest BCUT2D eigenvalue weighted by atomic mass is 10.2. The molecule has 0 spiro atoms. The Balaban J connectivity index is 1.86. The van der Waals surface area contributed by atoms with Gasteiger partial charge in [0.25, 0.3) is 0 Å². The van der Waals surface area contributed by atoms with Crippen LogP contribution in [0.4, 0.5) is 0 Å². The number of hydroxylamine groups is 3. The molecule has 0 aliphatic carbocycles. The highest BCUT2D eigenvalue weighted by Crippen LogP contribution is 2.23. The van der Waals surface area contributed by atoms with E-state index in [0.29, 0.717) is 4.65 Å². The van der Waals surface area contributed by atoms with Crippen LogP contribution in [0.3, 0.4) is 0 Å². The minimum Gasteiger partial charge on any atom is -0.322 e. The van der Waals surface area contributed by atoms with Gasteiger partial charge in [-0.2, -0.15) is 0 Å². The number of rotatable bonds is 5. The Hall–Kier alpha value is -1.85. The summed E-state index contributed by atoms with van der Waals surface area (Å²) in [5.41, 5.74) is 0.746. The van der Waals surface area contributed by atoms with Crippen LogP contribution in [0.1, 0.15) is 19.8 Å². The molecule has 0 saturated carbocycles. The second kappa shape index (κ2) is 6.50. The zero-order valence-corrected chi connectivity index (χ0v) is 13.1. The zero-order chi connectivity index (χ0) is 15.4. The first-order chi connectivity index (χ1) is 10.7. The van der Waals surface area contributed by atoms with E-state index < -0.39 is 0 Å². The van der Waals surface area contributed by atoms with E-state index in [4.69, 9.17) is 4.84 Å². The summed E-state index contributed by atoms with van der Waals surface area (Å²) in [6, 6.07) is 9.32. The molecule has 0 atom stereocenters. The lowest BCUT2D eigenvalue weighted by Crippen LogP contribution is -2.60. The van der Waals surface area contributed by atoms with E-state index in [1.807, 2.05) is 24.3 Å². The number of fused-ring (bicyclic) bond motifs is 1. The van der Waals surface area contributed by atoms with Crippen LogP contribution in [-0.4, -0.2) is 42.4 Å². The van der Waals surface area contributed by atoms with E-state index in [1.54, 1.807) is 6.07 Å². The van der Waals surface area contributed by atoms with Crippen molar-refractivity contribution in [1.29, 1.82) is 0 Å². The van der Waals surface area contributed by atoms with Crippen LogP contribution in [0.25, 0.3) is 10.9 Å². The van der Waals surface area contributed by atoms with Crippen molar-refractivity contribution in [3.63, 3.8) is 0 Å². The van der Waals surface area contributed by atoms with Gasteiger partial charge in [0.15, 0.2) is 5.75 Å². The predicted octanol–water partition coefficient (Wildman–Crippen LogP) is 2.04. The molecule has 0 radical (unpaired) electrons. The first-order valence-electron chi connectivity index (χ1n) is 8.10. The van der Waals surface area contributed by atoms with Crippen molar-refractivity contribution in [3.8, 4) is 5.75 Å². The van der Waals surface area contributed by atoms with Gasteiger partial charge in [-0.05, 0) is 30.0 Å². The summed E-state index contributed by atoms with van der Waals surface area (Å²) < 4.78 is 0.670. The fourth-order valence-corrected chi connectivity index (χ4v) is 3.02. The topological polar surface area (TPSA) is 54.1 Å². The SMILES string of the molecule is CCCC[N+]1(Oc2ccc3ccc(=O)[nH]c3c2)CCNCC1. The molecule has 1 aliphatic heterocycles. The summed E-state index contributed by atoms with van der Waals surface area (Å²) in [4.78, 5) is 20.7. The number of aromatic nitrogens is 1. The number of nitrogens with zero attached hydrogens (tertiary/aromatic N) is 1. The molecule has 3 rings (SSSR count). The third kappa shape index (κ3) is 3.31. The normalized spacial score (nSPS) is 17.5. The highest BCUT2D eigenvalue weighted by molar-refractivity contribution is 5.79. The van der Waals surface area contributed by atoms with E-state index >= 15 is 0 Å². The summed E-state index contributed by atoms with van der Waals surface area (Å²) in [6.45, 7) is 7.15. The average Bonchev–Trinajstić information content (AvgIpc) is 2.53. The van der Waals surface area contributed by atoms with Gasteiger partial charge in [-0.25, -0.2) is 0 Å². The van der Waals surface area contributed by atoms with Gasteiger partial charge in [-0.1, -0.05) is 13.3 Å². The number of unbranched alkanes of at least 4 members (excludes halogenated alkanes) is 1. The van der Waals surface area contributed by atoms with Crippen LogP contribution in [0, 0.1) is 0 Å². The number of piperazine rings is 1. The van der Waals surface area contributed by atoms with E-state index in [9.17, 15) is 4.79 Å². The number of hydrogen-bond acceptors (Lipinski definition) is 3. The highest BCUT2D eigenvalue weighted by atomic mass is 16.7. The number of aromatic amines is 1. The van der Waals surface area contributed by atoms with Crippen LogP contribution in [0.15, 0.2) is 35.1 Å². The third-order valence-electron chi connectivity index (χ3n) is 4.31. The molecule has 1 aromatic carbocycles.